The third-order valence-electron chi connectivity index (χ3n) is 6.88. The van der Waals surface area contributed by atoms with Crippen molar-refractivity contribution in [3.8, 4) is 22.9 Å². The summed E-state index contributed by atoms with van der Waals surface area (Å²) in [5.74, 6) is 0.303. The Morgan fingerprint density at radius 3 is 2.62 bits per heavy atom. The minimum Gasteiger partial charge on any atom is -0.490 e. The molecule has 5 heteroatoms. The van der Waals surface area contributed by atoms with Crippen molar-refractivity contribution in [3.05, 3.63) is 53.3 Å². The molecule has 4 nitrogen and oxygen atoms in total. The topological polar surface area (TPSA) is 62.3 Å². The summed E-state index contributed by atoms with van der Waals surface area (Å²) < 4.78 is 20.5. The van der Waals surface area contributed by atoms with Crippen LogP contribution in [0.15, 0.2) is 36.4 Å². The van der Waals surface area contributed by atoms with Crippen molar-refractivity contribution in [3.63, 3.8) is 0 Å². The van der Waals surface area contributed by atoms with Gasteiger partial charge in [0.1, 0.15) is 17.6 Å². The van der Waals surface area contributed by atoms with Crippen molar-refractivity contribution < 1.29 is 9.13 Å². The van der Waals surface area contributed by atoms with E-state index in [9.17, 15) is 4.39 Å². The maximum Gasteiger partial charge on any atom is 0.141 e. The summed E-state index contributed by atoms with van der Waals surface area (Å²) in [5, 5.41) is 9.04. The monoisotopic (exact) mass is 391 g/mol. The second kappa shape index (κ2) is 7.44. The Bertz CT molecular complexity index is 965. The molecule has 2 aliphatic heterocycles. The maximum atomic E-state index is 14.3. The number of benzene rings is 2. The van der Waals surface area contributed by atoms with E-state index in [0.717, 1.165) is 42.7 Å². The van der Waals surface area contributed by atoms with E-state index >= 15 is 0 Å². The molecule has 1 unspecified atom stereocenters. The van der Waals surface area contributed by atoms with Crippen LogP contribution < -0.4 is 10.5 Å². The lowest BCUT2D eigenvalue weighted by Crippen LogP contribution is -2.36. The number of nitrogens with two attached hydrogens (primary N) is 1. The number of rotatable bonds is 5. The fourth-order valence-corrected chi connectivity index (χ4v) is 5.05. The van der Waals surface area contributed by atoms with Crippen LogP contribution in [0.1, 0.15) is 49.7 Å². The number of halogens is 1. The van der Waals surface area contributed by atoms with Crippen molar-refractivity contribution >= 4 is 0 Å². The van der Waals surface area contributed by atoms with Gasteiger partial charge in [-0.2, -0.15) is 5.26 Å². The van der Waals surface area contributed by atoms with Crippen molar-refractivity contribution in [1.29, 1.82) is 5.26 Å². The van der Waals surface area contributed by atoms with Gasteiger partial charge in [-0.25, -0.2) is 4.39 Å². The quantitative estimate of drug-likeness (QED) is 0.823. The third-order valence-corrected chi connectivity index (χ3v) is 6.88. The Labute approximate surface area is 171 Å². The average Bonchev–Trinajstić information content (AvgIpc) is 3.20. The molecule has 1 saturated carbocycles. The second-order valence-electron chi connectivity index (χ2n) is 8.68. The fourth-order valence-electron chi connectivity index (χ4n) is 5.05. The van der Waals surface area contributed by atoms with Gasteiger partial charge in [0.25, 0.3) is 0 Å². The SMILES string of the molecule is N#Cc1ccc(-c2cc(CN3[C@H]4CC[C@@H]3C(N)C4)ccc2OC2CCC2)cc1F. The van der Waals surface area contributed by atoms with Crippen LogP contribution in [0.3, 0.4) is 0 Å². The molecule has 5 rings (SSSR count). The summed E-state index contributed by atoms with van der Waals surface area (Å²) in [7, 11) is 0. The van der Waals surface area contributed by atoms with Crippen LogP contribution in [-0.4, -0.2) is 29.1 Å². The second-order valence-corrected chi connectivity index (χ2v) is 8.68. The molecule has 150 valence electrons. The molecule has 2 aromatic rings. The summed E-state index contributed by atoms with van der Waals surface area (Å²) in [5.41, 5.74) is 9.20. The molecule has 0 spiro atoms. The summed E-state index contributed by atoms with van der Waals surface area (Å²) in [4.78, 5) is 2.54. The van der Waals surface area contributed by atoms with Gasteiger partial charge in [0, 0.05) is 30.2 Å². The van der Waals surface area contributed by atoms with Gasteiger partial charge in [-0.15, -0.1) is 0 Å². The first kappa shape index (κ1) is 18.6. The summed E-state index contributed by atoms with van der Waals surface area (Å²) in [6.07, 6.45) is 7.07. The highest BCUT2D eigenvalue weighted by Crippen LogP contribution is 2.40. The van der Waals surface area contributed by atoms with Gasteiger partial charge < -0.3 is 10.5 Å². The van der Waals surface area contributed by atoms with Crippen LogP contribution in [0.25, 0.3) is 11.1 Å². The van der Waals surface area contributed by atoms with Gasteiger partial charge in [0.15, 0.2) is 0 Å². The van der Waals surface area contributed by atoms with Crippen molar-refractivity contribution in [2.75, 3.05) is 0 Å². The molecule has 3 aliphatic rings. The summed E-state index contributed by atoms with van der Waals surface area (Å²) in [6.45, 7) is 0.860. The lowest BCUT2D eigenvalue weighted by molar-refractivity contribution is 0.121. The van der Waals surface area contributed by atoms with E-state index in [4.69, 9.17) is 15.7 Å². The molecule has 2 N–H and O–H groups in total. The molecule has 29 heavy (non-hydrogen) atoms. The first-order chi connectivity index (χ1) is 14.1. The van der Waals surface area contributed by atoms with Crippen LogP contribution >= 0.6 is 0 Å². The number of hydrogen-bond donors (Lipinski definition) is 1. The molecule has 0 amide bonds. The highest BCUT2D eigenvalue weighted by molar-refractivity contribution is 5.72. The average molecular weight is 391 g/mol. The number of ether oxygens (including phenoxy) is 1. The third kappa shape index (κ3) is 3.41. The van der Waals surface area contributed by atoms with Crippen molar-refractivity contribution in [1.82, 2.24) is 4.90 Å². The van der Waals surface area contributed by atoms with Gasteiger partial charge in [-0.1, -0.05) is 12.1 Å². The summed E-state index contributed by atoms with van der Waals surface area (Å²) >= 11 is 0. The number of hydrogen-bond acceptors (Lipinski definition) is 4. The highest BCUT2D eigenvalue weighted by Gasteiger charge is 2.44. The Morgan fingerprint density at radius 1 is 1.14 bits per heavy atom. The molecule has 3 atom stereocenters. The van der Waals surface area contributed by atoms with Crippen LogP contribution in [0.5, 0.6) is 5.75 Å². The molecular weight excluding hydrogens is 365 g/mol. The normalized spacial score (nSPS) is 26.3. The molecule has 0 radical (unpaired) electrons. The zero-order valence-corrected chi connectivity index (χ0v) is 16.5. The molecule has 0 aromatic heterocycles. The lowest BCUT2D eigenvalue weighted by Gasteiger charge is -2.28. The van der Waals surface area contributed by atoms with Gasteiger partial charge in [0.05, 0.1) is 11.7 Å². The standard InChI is InChI=1S/C24H26FN3O/c25-21-11-16(5-6-17(21)13-26)20-10-15(4-9-24(20)29-19-2-1-3-19)14-28-18-7-8-23(28)22(27)12-18/h4-6,9-11,18-19,22-23H,1-3,7-8,12,14,27H2/t18-,22?,23+/m0/s1. The molecule has 3 fully saturated rings. The number of nitrogens with zero attached hydrogens (tertiary/aromatic N) is 2. The first-order valence-electron chi connectivity index (χ1n) is 10.6. The van der Waals surface area contributed by atoms with E-state index in [1.807, 2.05) is 18.2 Å². The van der Waals surface area contributed by atoms with Gasteiger partial charge in [-0.05, 0) is 73.9 Å². The predicted octanol–water partition coefficient (Wildman–Crippen LogP) is 4.36. The van der Waals surface area contributed by atoms with Crippen LogP contribution in [0, 0.1) is 17.1 Å². The Hall–Kier alpha value is -2.42. The molecule has 2 bridgehead atoms. The number of fused-ring (bicyclic) bond motifs is 2. The van der Waals surface area contributed by atoms with Gasteiger partial charge in [0.2, 0.25) is 0 Å². The molecule has 2 heterocycles. The largest absolute Gasteiger partial charge is 0.490 e. The number of nitriles is 1. The smallest absolute Gasteiger partial charge is 0.141 e. The fraction of sp³-hybridized carbons (Fsp3) is 0.458. The first-order valence-corrected chi connectivity index (χ1v) is 10.6. The maximum absolute atomic E-state index is 14.3. The Morgan fingerprint density at radius 2 is 2.00 bits per heavy atom. The van der Waals surface area contributed by atoms with Crippen LogP contribution in [0.4, 0.5) is 4.39 Å². The van der Waals surface area contributed by atoms with Gasteiger partial charge in [-0.3, -0.25) is 4.90 Å². The van der Waals surface area contributed by atoms with Crippen LogP contribution in [0.2, 0.25) is 0 Å². The molecular formula is C24H26FN3O. The minimum atomic E-state index is -0.492. The van der Waals surface area contributed by atoms with E-state index in [0.29, 0.717) is 12.1 Å². The van der Waals surface area contributed by atoms with Crippen molar-refractivity contribution in [2.45, 2.75) is 69.3 Å². The minimum absolute atomic E-state index is 0.0639. The van der Waals surface area contributed by atoms with E-state index in [2.05, 4.69) is 17.0 Å². The zero-order chi connectivity index (χ0) is 20.0. The Kier molecular flexibility index (Phi) is 4.77. The molecule has 2 aromatic carbocycles. The lowest BCUT2D eigenvalue weighted by atomic mass is 9.95. The molecule has 1 aliphatic carbocycles. The summed E-state index contributed by atoms with van der Waals surface area (Å²) in [6, 6.07) is 14.3. The van der Waals surface area contributed by atoms with E-state index in [1.165, 1.54) is 30.9 Å². The predicted molar refractivity (Wildman–Crippen MR) is 110 cm³/mol. The van der Waals surface area contributed by atoms with Crippen LogP contribution in [-0.2, 0) is 6.54 Å². The van der Waals surface area contributed by atoms with E-state index in [-0.39, 0.29) is 17.7 Å². The van der Waals surface area contributed by atoms with E-state index in [1.54, 1.807) is 6.07 Å². The van der Waals surface area contributed by atoms with Crippen molar-refractivity contribution in [2.24, 2.45) is 5.73 Å². The van der Waals surface area contributed by atoms with Gasteiger partial charge >= 0.3 is 0 Å². The van der Waals surface area contributed by atoms with E-state index < -0.39 is 5.82 Å². The Balaban J connectivity index is 1.47. The zero-order valence-electron chi connectivity index (χ0n) is 16.5. The molecule has 2 saturated heterocycles. The highest BCUT2D eigenvalue weighted by atomic mass is 19.1.